The van der Waals surface area contributed by atoms with Gasteiger partial charge in [-0.1, -0.05) is 32.4 Å². The van der Waals surface area contributed by atoms with E-state index in [9.17, 15) is 4.79 Å². The van der Waals surface area contributed by atoms with Gasteiger partial charge < -0.3 is 10.0 Å². The summed E-state index contributed by atoms with van der Waals surface area (Å²) in [4.78, 5) is 13.2. The second kappa shape index (κ2) is 6.80. The molecule has 0 aliphatic rings. The average Bonchev–Trinajstić information content (AvgIpc) is 2.27. The molecule has 1 rings (SSSR count). The van der Waals surface area contributed by atoms with Crippen LogP contribution < -0.4 is 4.90 Å². The smallest absolute Gasteiger partial charge is 0.308 e. The first-order valence-corrected chi connectivity index (χ1v) is 6.93. The third kappa shape index (κ3) is 4.75. The van der Waals surface area contributed by atoms with Crippen LogP contribution in [0.15, 0.2) is 18.2 Å². The summed E-state index contributed by atoms with van der Waals surface area (Å²) in [5, 5.41) is 9.78. The fraction of sp³-hybridized carbons (Fsp3) is 0.533. The summed E-state index contributed by atoms with van der Waals surface area (Å²) >= 11 is 5.97. The molecule has 1 N–H and O–H groups in total. The Morgan fingerprint density at radius 3 is 2.42 bits per heavy atom. The molecule has 0 heterocycles. The molecule has 4 heteroatoms. The lowest BCUT2D eigenvalue weighted by Gasteiger charge is -2.29. The number of carboxylic acid groups (broad SMARTS) is 1. The number of carboxylic acids is 1. The van der Waals surface area contributed by atoms with Crippen molar-refractivity contribution in [1.29, 1.82) is 0 Å². The normalized spacial score (nSPS) is 12.5. The summed E-state index contributed by atoms with van der Waals surface area (Å²) in [5.74, 6) is -0.690. The zero-order valence-electron chi connectivity index (χ0n) is 12.0. The van der Waals surface area contributed by atoms with Gasteiger partial charge in [0.05, 0.1) is 5.92 Å². The number of anilines is 1. The van der Waals surface area contributed by atoms with E-state index < -0.39 is 11.9 Å². The van der Waals surface area contributed by atoms with Gasteiger partial charge in [0.1, 0.15) is 0 Å². The van der Waals surface area contributed by atoms with Crippen molar-refractivity contribution in [3.8, 4) is 0 Å². The van der Waals surface area contributed by atoms with Crippen molar-refractivity contribution in [2.24, 2.45) is 11.8 Å². The number of carbonyl (C=O) groups is 1. The van der Waals surface area contributed by atoms with Crippen LogP contribution in [0.2, 0.25) is 5.02 Å². The molecule has 1 aromatic rings. The van der Waals surface area contributed by atoms with Gasteiger partial charge in [0.2, 0.25) is 0 Å². The van der Waals surface area contributed by atoms with E-state index in [-0.39, 0.29) is 0 Å². The number of benzene rings is 1. The van der Waals surface area contributed by atoms with Gasteiger partial charge in [-0.25, -0.2) is 0 Å². The van der Waals surface area contributed by atoms with Crippen LogP contribution in [0.25, 0.3) is 0 Å². The second-order valence-electron chi connectivity index (χ2n) is 5.47. The average molecular weight is 284 g/mol. The van der Waals surface area contributed by atoms with Gasteiger partial charge in [0.15, 0.2) is 0 Å². The molecule has 106 valence electrons. The zero-order valence-corrected chi connectivity index (χ0v) is 12.7. The third-order valence-electron chi connectivity index (χ3n) is 3.00. The lowest BCUT2D eigenvalue weighted by atomic mass is 10.1. The Morgan fingerprint density at radius 1 is 1.32 bits per heavy atom. The summed E-state index contributed by atoms with van der Waals surface area (Å²) in [6.45, 7) is 9.34. The van der Waals surface area contributed by atoms with Crippen LogP contribution >= 0.6 is 11.6 Å². The van der Waals surface area contributed by atoms with Gasteiger partial charge in [-0.2, -0.15) is 0 Å². The molecule has 0 aromatic heterocycles. The highest BCUT2D eigenvalue weighted by Crippen LogP contribution is 2.25. The molecule has 1 unspecified atom stereocenters. The van der Waals surface area contributed by atoms with Crippen LogP contribution in [0.4, 0.5) is 5.69 Å². The molecular weight excluding hydrogens is 262 g/mol. The minimum absolute atomic E-state index is 0.395. The van der Waals surface area contributed by atoms with Crippen LogP contribution in [-0.2, 0) is 4.79 Å². The summed E-state index contributed by atoms with van der Waals surface area (Å²) in [6, 6.07) is 5.73. The van der Waals surface area contributed by atoms with Gasteiger partial charge in [0.25, 0.3) is 0 Å². The van der Waals surface area contributed by atoms with Crippen LogP contribution in [-0.4, -0.2) is 24.2 Å². The van der Waals surface area contributed by atoms with Gasteiger partial charge in [-0.05, 0) is 36.6 Å². The maximum atomic E-state index is 11.0. The molecule has 0 spiro atoms. The van der Waals surface area contributed by atoms with E-state index >= 15 is 0 Å². The Bertz CT molecular complexity index is 446. The zero-order chi connectivity index (χ0) is 14.6. The van der Waals surface area contributed by atoms with E-state index in [2.05, 4.69) is 18.7 Å². The number of nitrogens with zero attached hydrogens (tertiary/aromatic N) is 1. The predicted molar refractivity (Wildman–Crippen MR) is 80.0 cm³/mol. The van der Waals surface area contributed by atoms with Crippen LogP contribution in [0.5, 0.6) is 0 Å². The summed E-state index contributed by atoms with van der Waals surface area (Å²) in [6.07, 6.45) is 0. The molecule has 0 aliphatic heterocycles. The molecule has 1 aromatic carbocycles. The second-order valence-corrected chi connectivity index (χ2v) is 5.91. The van der Waals surface area contributed by atoms with Gasteiger partial charge >= 0.3 is 5.97 Å². The standard InChI is InChI=1S/C15H22ClNO2/c1-10(2)8-17(9-12(4)15(18)19)14-6-5-13(16)7-11(14)3/h5-7,10,12H,8-9H2,1-4H3,(H,18,19). The van der Waals surface area contributed by atoms with Gasteiger partial charge in [-0.15, -0.1) is 0 Å². The minimum atomic E-state index is -0.764. The number of aryl methyl sites for hydroxylation is 1. The number of hydrogen-bond donors (Lipinski definition) is 1. The molecule has 1 atom stereocenters. The third-order valence-corrected chi connectivity index (χ3v) is 3.24. The maximum absolute atomic E-state index is 11.0. The monoisotopic (exact) mass is 283 g/mol. The Morgan fingerprint density at radius 2 is 1.95 bits per heavy atom. The Labute approximate surface area is 120 Å². The minimum Gasteiger partial charge on any atom is -0.481 e. The van der Waals surface area contributed by atoms with Crippen LogP contribution in [0, 0.1) is 18.8 Å². The van der Waals surface area contributed by atoms with Gasteiger partial charge in [-0.3, -0.25) is 4.79 Å². The van der Waals surface area contributed by atoms with E-state index in [0.717, 1.165) is 17.8 Å². The number of halogens is 1. The molecule has 3 nitrogen and oxygen atoms in total. The topological polar surface area (TPSA) is 40.5 Å². The Balaban J connectivity index is 2.98. The van der Waals surface area contributed by atoms with Crippen molar-refractivity contribution in [3.63, 3.8) is 0 Å². The first-order valence-electron chi connectivity index (χ1n) is 6.55. The van der Waals surface area contributed by atoms with Gasteiger partial charge in [0, 0.05) is 23.8 Å². The fourth-order valence-corrected chi connectivity index (χ4v) is 2.32. The van der Waals surface area contributed by atoms with Crippen LogP contribution in [0.1, 0.15) is 26.3 Å². The molecule has 0 aliphatic carbocycles. The first-order chi connectivity index (χ1) is 8.81. The molecule has 0 saturated carbocycles. The quantitative estimate of drug-likeness (QED) is 0.862. The van der Waals surface area contributed by atoms with E-state index in [4.69, 9.17) is 16.7 Å². The number of rotatable bonds is 6. The fourth-order valence-electron chi connectivity index (χ4n) is 2.09. The van der Waals surface area contributed by atoms with E-state index in [1.165, 1.54) is 0 Å². The summed E-state index contributed by atoms with van der Waals surface area (Å²) in [7, 11) is 0. The molecule has 0 amide bonds. The molecule has 19 heavy (non-hydrogen) atoms. The first kappa shape index (κ1) is 15.8. The van der Waals surface area contributed by atoms with Crippen molar-refractivity contribution < 1.29 is 9.90 Å². The van der Waals surface area contributed by atoms with Crippen molar-refractivity contribution in [2.45, 2.75) is 27.7 Å². The number of aliphatic carboxylic acids is 1. The van der Waals surface area contributed by atoms with E-state index in [1.807, 2.05) is 25.1 Å². The maximum Gasteiger partial charge on any atom is 0.308 e. The Hall–Kier alpha value is -1.22. The highest BCUT2D eigenvalue weighted by molar-refractivity contribution is 6.30. The molecule has 0 saturated heterocycles. The highest BCUT2D eigenvalue weighted by Gasteiger charge is 2.18. The number of hydrogen-bond acceptors (Lipinski definition) is 2. The largest absolute Gasteiger partial charge is 0.481 e. The van der Waals surface area contributed by atoms with Crippen molar-refractivity contribution in [1.82, 2.24) is 0 Å². The molecule has 0 radical (unpaired) electrons. The van der Waals surface area contributed by atoms with E-state index in [0.29, 0.717) is 17.5 Å². The molecular formula is C15H22ClNO2. The predicted octanol–water partition coefficient (Wildman–Crippen LogP) is 3.83. The summed E-state index contributed by atoms with van der Waals surface area (Å²) in [5.41, 5.74) is 2.14. The van der Waals surface area contributed by atoms with E-state index in [1.54, 1.807) is 6.92 Å². The molecule has 0 bridgehead atoms. The Kier molecular flexibility index (Phi) is 5.67. The van der Waals surface area contributed by atoms with Crippen molar-refractivity contribution in [2.75, 3.05) is 18.0 Å². The van der Waals surface area contributed by atoms with Crippen molar-refractivity contribution >= 4 is 23.3 Å². The van der Waals surface area contributed by atoms with Crippen molar-refractivity contribution in [3.05, 3.63) is 28.8 Å². The highest BCUT2D eigenvalue weighted by atomic mass is 35.5. The SMILES string of the molecule is Cc1cc(Cl)ccc1N(CC(C)C)CC(C)C(=O)O. The lowest BCUT2D eigenvalue weighted by molar-refractivity contribution is -0.140. The molecule has 0 fully saturated rings. The van der Waals surface area contributed by atoms with Crippen LogP contribution in [0.3, 0.4) is 0 Å². The summed E-state index contributed by atoms with van der Waals surface area (Å²) < 4.78 is 0. The lowest BCUT2D eigenvalue weighted by Crippen LogP contribution is -2.35.